The van der Waals surface area contributed by atoms with Crippen LogP contribution in [0.1, 0.15) is 11.3 Å². The fourth-order valence-corrected chi connectivity index (χ4v) is 1.41. The smallest absolute Gasteiger partial charge is 0.130 e. The molecule has 2 rings (SSSR count). The Kier molecular flexibility index (Phi) is 3.70. The molecule has 86 valence electrons. The maximum atomic E-state index is 5.61. The molecular formula is C13H13N3O. The molecule has 0 unspecified atom stereocenters. The summed E-state index contributed by atoms with van der Waals surface area (Å²) in [4.78, 5) is 4.18. The zero-order valence-corrected chi connectivity index (χ0v) is 9.28. The Hall–Kier alpha value is -2.36. The number of ether oxygens (including phenoxy) is 1. The van der Waals surface area contributed by atoms with Gasteiger partial charge in [-0.15, -0.1) is 0 Å². The number of aromatic nitrogens is 1. The normalized spacial score (nSPS) is 10.6. The van der Waals surface area contributed by atoms with Gasteiger partial charge in [-0.25, -0.2) is 0 Å². The van der Waals surface area contributed by atoms with Gasteiger partial charge in [-0.05, 0) is 29.8 Å². The number of benzene rings is 1. The van der Waals surface area contributed by atoms with Gasteiger partial charge in [0.15, 0.2) is 0 Å². The van der Waals surface area contributed by atoms with E-state index in [-0.39, 0.29) is 0 Å². The number of rotatable bonds is 4. The van der Waals surface area contributed by atoms with Gasteiger partial charge in [-0.1, -0.05) is 18.2 Å². The lowest BCUT2D eigenvalue weighted by atomic mass is 10.2. The molecule has 2 aromatic rings. The predicted octanol–water partition coefficient (Wildman–Crippen LogP) is 1.95. The molecule has 0 fully saturated rings. The Morgan fingerprint density at radius 3 is 2.94 bits per heavy atom. The molecule has 0 aliphatic rings. The number of nitrogens with two attached hydrogens (primary N) is 1. The lowest BCUT2D eigenvalue weighted by Gasteiger charge is -2.05. The van der Waals surface area contributed by atoms with E-state index in [4.69, 9.17) is 10.6 Å². The summed E-state index contributed by atoms with van der Waals surface area (Å²) in [6.07, 6.45) is 3.32. The summed E-state index contributed by atoms with van der Waals surface area (Å²) in [7, 11) is 0. The van der Waals surface area contributed by atoms with Gasteiger partial charge in [0.1, 0.15) is 12.4 Å². The Balaban J connectivity index is 2.02. The van der Waals surface area contributed by atoms with E-state index in [2.05, 4.69) is 10.1 Å². The van der Waals surface area contributed by atoms with Crippen LogP contribution in [0, 0.1) is 0 Å². The van der Waals surface area contributed by atoms with E-state index >= 15 is 0 Å². The first-order valence-corrected chi connectivity index (χ1v) is 5.24. The highest BCUT2D eigenvalue weighted by Gasteiger charge is 1.97. The summed E-state index contributed by atoms with van der Waals surface area (Å²) < 4.78 is 5.61. The molecule has 2 N–H and O–H groups in total. The van der Waals surface area contributed by atoms with E-state index < -0.39 is 0 Å². The van der Waals surface area contributed by atoms with E-state index in [0.29, 0.717) is 6.61 Å². The van der Waals surface area contributed by atoms with Gasteiger partial charge >= 0.3 is 0 Å². The summed E-state index contributed by atoms with van der Waals surface area (Å²) in [5.41, 5.74) is 1.80. The zero-order valence-electron chi connectivity index (χ0n) is 9.28. The largest absolute Gasteiger partial charge is 0.487 e. The Labute approximate surface area is 99.8 Å². The Bertz CT molecular complexity index is 497. The first-order chi connectivity index (χ1) is 8.38. The van der Waals surface area contributed by atoms with Crippen molar-refractivity contribution in [3.63, 3.8) is 0 Å². The molecule has 0 spiro atoms. The molecule has 1 aromatic heterocycles. The molecule has 4 nitrogen and oxygen atoms in total. The second-order valence-electron chi connectivity index (χ2n) is 3.46. The van der Waals surface area contributed by atoms with Crippen molar-refractivity contribution >= 4 is 6.21 Å². The quantitative estimate of drug-likeness (QED) is 0.493. The van der Waals surface area contributed by atoms with Gasteiger partial charge in [-0.3, -0.25) is 4.98 Å². The fourth-order valence-electron chi connectivity index (χ4n) is 1.41. The zero-order chi connectivity index (χ0) is 11.9. The number of hydrazone groups is 1. The maximum absolute atomic E-state index is 5.61. The van der Waals surface area contributed by atoms with Crippen molar-refractivity contribution in [3.05, 3.63) is 59.9 Å². The van der Waals surface area contributed by atoms with Gasteiger partial charge in [-0.2, -0.15) is 5.10 Å². The first kappa shape index (κ1) is 11.1. The Morgan fingerprint density at radius 1 is 1.24 bits per heavy atom. The summed E-state index contributed by atoms with van der Waals surface area (Å²) in [5, 5.41) is 3.47. The van der Waals surface area contributed by atoms with E-state index in [0.717, 1.165) is 17.0 Å². The summed E-state index contributed by atoms with van der Waals surface area (Å²) in [6, 6.07) is 13.3. The minimum atomic E-state index is 0.448. The van der Waals surface area contributed by atoms with Crippen molar-refractivity contribution < 1.29 is 4.74 Å². The van der Waals surface area contributed by atoms with Crippen LogP contribution in [0.25, 0.3) is 0 Å². The Morgan fingerprint density at radius 2 is 2.18 bits per heavy atom. The predicted molar refractivity (Wildman–Crippen MR) is 66.8 cm³/mol. The van der Waals surface area contributed by atoms with Crippen LogP contribution in [-0.2, 0) is 6.61 Å². The first-order valence-electron chi connectivity index (χ1n) is 5.24. The third kappa shape index (κ3) is 3.31. The molecular weight excluding hydrogens is 214 g/mol. The molecule has 17 heavy (non-hydrogen) atoms. The topological polar surface area (TPSA) is 60.5 Å². The lowest BCUT2D eigenvalue weighted by Crippen LogP contribution is -1.98. The second kappa shape index (κ2) is 5.65. The number of hydrogen-bond donors (Lipinski definition) is 1. The van der Waals surface area contributed by atoms with Crippen molar-refractivity contribution in [1.29, 1.82) is 0 Å². The maximum Gasteiger partial charge on any atom is 0.130 e. The standard InChI is InChI=1S/C13H13N3O/c14-16-9-11-4-3-6-13(8-11)17-10-12-5-1-2-7-15-12/h1-9H,10,14H2. The number of nitrogens with zero attached hydrogens (tertiary/aromatic N) is 2. The van der Waals surface area contributed by atoms with Crippen molar-refractivity contribution in [2.45, 2.75) is 6.61 Å². The van der Waals surface area contributed by atoms with Crippen LogP contribution >= 0.6 is 0 Å². The van der Waals surface area contributed by atoms with E-state index in [1.165, 1.54) is 0 Å². The highest BCUT2D eigenvalue weighted by molar-refractivity contribution is 5.79. The van der Waals surface area contributed by atoms with Crippen LogP contribution in [0.15, 0.2) is 53.8 Å². The minimum absolute atomic E-state index is 0.448. The molecule has 1 aromatic carbocycles. The van der Waals surface area contributed by atoms with E-state index in [9.17, 15) is 0 Å². The van der Waals surface area contributed by atoms with Gasteiger partial charge in [0.05, 0.1) is 11.9 Å². The summed E-state index contributed by atoms with van der Waals surface area (Å²) in [6.45, 7) is 0.448. The van der Waals surface area contributed by atoms with Crippen molar-refractivity contribution in [3.8, 4) is 5.75 Å². The van der Waals surface area contributed by atoms with Gasteiger partial charge in [0.2, 0.25) is 0 Å². The molecule has 4 heteroatoms. The third-order valence-electron chi connectivity index (χ3n) is 2.19. The van der Waals surface area contributed by atoms with Crippen LogP contribution in [0.4, 0.5) is 0 Å². The molecule has 0 atom stereocenters. The minimum Gasteiger partial charge on any atom is -0.487 e. The lowest BCUT2D eigenvalue weighted by molar-refractivity contribution is 0.301. The van der Waals surface area contributed by atoms with E-state index in [1.807, 2.05) is 42.5 Å². The third-order valence-corrected chi connectivity index (χ3v) is 2.19. The molecule has 0 saturated carbocycles. The van der Waals surface area contributed by atoms with Crippen LogP contribution in [0.3, 0.4) is 0 Å². The van der Waals surface area contributed by atoms with Crippen molar-refractivity contribution in [2.24, 2.45) is 10.9 Å². The summed E-state index contributed by atoms with van der Waals surface area (Å²) in [5.74, 6) is 5.87. The second-order valence-corrected chi connectivity index (χ2v) is 3.46. The average Bonchev–Trinajstić information content (AvgIpc) is 2.39. The molecule has 0 aliphatic heterocycles. The average molecular weight is 227 g/mol. The number of hydrogen-bond acceptors (Lipinski definition) is 4. The molecule has 1 heterocycles. The van der Waals surface area contributed by atoms with Crippen LogP contribution in [-0.4, -0.2) is 11.2 Å². The molecule has 0 aliphatic carbocycles. The SMILES string of the molecule is NN=Cc1cccc(OCc2ccccn2)c1. The molecule has 0 radical (unpaired) electrons. The number of pyridine rings is 1. The van der Waals surface area contributed by atoms with Gasteiger partial charge in [0, 0.05) is 6.20 Å². The highest BCUT2D eigenvalue weighted by atomic mass is 16.5. The molecule has 0 saturated heterocycles. The fraction of sp³-hybridized carbons (Fsp3) is 0.0769. The molecule has 0 amide bonds. The van der Waals surface area contributed by atoms with Crippen LogP contribution < -0.4 is 10.6 Å². The van der Waals surface area contributed by atoms with Crippen LogP contribution in [0.5, 0.6) is 5.75 Å². The monoisotopic (exact) mass is 227 g/mol. The van der Waals surface area contributed by atoms with Crippen molar-refractivity contribution in [1.82, 2.24) is 4.98 Å². The van der Waals surface area contributed by atoms with E-state index in [1.54, 1.807) is 12.4 Å². The molecule has 0 bridgehead atoms. The summed E-state index contributed by atoms with van der Waals surface area (Å²) >= 11 is 0. The highest BCUT2D eigenvalue weighted by Crippen LogP contribution is 2.13. The van der Waals surface area contributed by atoms with Crippen LogP contribution in [0.2, 0.25) is 0 Å². The van der Waals surface area contributed by atoms with Crippen molar-refractivity contribution in [2.75, 3.05) is 0 Å². The van der Waals surface area contributed by atoms with Gasteiger partial charge in [0.25, 0.3) is 0 Å². The van der Waals surface area contributed by atoms with Gasteiger partial charge < -0.3 is 10.6 Å².